The minimum absolute atomic E-state index is 0.560. The summed E-state index contributed by atoms with van der Waals surface area (Å²) in [5.74, 6) is 2.26. The van der Waals surface area contributed by atoms with Crippen LogP contribution in [-0.4, -0.2) is 0 Å². The second-order valence-electron chi connectivity index (χ2n) is 4.53. The summed E-state index contributed by atoms with van der Waals surface area (Å²) in [5.41, 5.74) is 0. The highest BCUT2D eigenvalue weighted by Gasteiger charge is 2.02. The van der Waals surface area contributed by atoms with E-state index in [1.807, 2.05) is 54.6 Å². The fourth-order valence-corrected chi connectivity index (χ4v) is 3.43. The van der Waals surface area contributed by atoms with Crippen LogP contribution in [-0.2, 0) is 6.61 Å². The lowest BCUT2D eigenvalue weighted by molar-refractivity contribution is 0.309. The lowest BCUT2D eigenvalue weighted by atomic mass is 10.3. The van der Waals surface area contributed by atoms with Crippen LogP contribution in [0.15, 0.2) is 64.5 Å². The molecule has 2 nitrogen and oxygen atoms in total. The van der Waals surface area contributed by atoms with E-state index in [0.29, 0.717) is 17.4 Å². The van der Waals surface area contributed by atoms with E-state index in [0.717, 1.165) is 15.3 Å². The average molecular weight is 396 g/mol. The zero-order valence-corrected chi connectivity index (χ0v) is 14.6. The van der Waals surface area contributed by atoms with Gasteiger partial charge in [-0.1, -0.05) is 17.7 Å². The van der Waals surface area contributed by atoms with Gasteiger partial charge in [-0.05, 0) is 70.5 Å². The summed E-state index contributed by atoms with van der Waals surface area (Å²) in [7, 11) is 0. The van der Waals surface area contributed by atoms with Gasteiger partial charge < -0.3 is 9.47 Å². The first kappa shape index (κ1) is 15.4. The Morgan fingerprint density at radius 3 is 2.36 bits per heavy atom. The number of halogens is 2. The topological polar surface area (TPSA) is 18.5 Å². The molecule has 5 heteroatoms. The molecule has 0 N–H and O–H groups in total. The van der Waals surface area contributed by atoms with Gasteiger partial charge in [0, 0.05) is 9.90 Å². The van der Waals surface area contributed by atoms with E-state index < -0.39 is 0 Å². The van der Waals surface area contributed by atoms with Gasteiger partial charge in [-0.2, -0.15) is 0 Å². The van der Waals surface area contributed by atoms with E-state index in [4.69, 9.17) is 21.1 Å². The van der Waals surface area contributed by atoms with Crippen molar-refractivity contribution in [1.29, 1.82) is 0 Å². The third-order valence-electron chi connectivity index (χ3n) is 2.87. The normalized spacial score (nSPS) is 10.5. The van der Waals surface area contributed by atoms with E-state index in [2.05, 4.69) is 15.9 Å². The van der Waals surface area contributed by atoms with E-state index in [1.54, 1.807) is 17.4 Å². The Labute approximate surface area is 146 Å². The summed E-state index contributed by atoms with van der Waals surface area (Å²) in [6.45, 7) is 0.560. The van der Waals surface area contributed by atoms with E-state index >= 15 is 0 Å². The SMILES string of the molecule is Clc1cccc(Oc2ccc(OCc3ccc(Br)s3)cc2)c1. The molecule has 0 saturated heterocycles. The van der Waals surface area contributed by atoms with Crippen LogP contribution in [0.4, 0.5) is 0 Å². The van der Waals surface area contributed by atoms with Crippen molar-refractivity contribution in [3.63, 3.8) is 0 Å². The first-order valence-corrected chi connectivity index (χ1v) is 8.58. The van der Waals surface area contributed by atoms with E-state index in [-0.39, 0.29) is 0 Å². The van der Waals surface area contributed by atoms with Crippen LogP contribution in [0, 0.1) is 0 Å². The van der Waals surface area contributed by atoms with Crippen LogP contribution in [0.5, 0.6) is 17.2 Å². The van der Waals surface area contributed by atoms with Crippen molar-refractivity contribution >= 4 is 38.9 Å². The molecule has 2 aromatic carbocycles. The molecule has 1 aromatic heterocycles. The van der Waals surface area contributed by atoms with Crippen LogP contribution >= 0.6 is 38.9 Å². The number of benzene rings is 2. The van der Waals surface area contributed by atoms with Crippen LogP contribution in [0.3, 0.4) is 0 Å². The minimum Gasteiger partial charge on any atom is -0.488 e. The second kappa shape index (κ2) is 7.18. The Balaban J connectivity index is 1.60. The quantitative estimate of drug-likeness (QED) is 0.488. The van der Waals surface area contributed by atoms with Crippen LogP contribution < -0.4 is 9.47 Å². The maximum absolute atomic E-state index is 5.94. The molecule has 0 saturated carbocycles. The van der Waals surface area contributed by atoms with Gasteiger partial charge in [0.2, 0.25) is 0 Å². The third-order valence-corrected chi connectivity index (χ3v) is 4.70. The Kier molecular flexibility index (Phi) is 5.03. The predicted molar refractivity (Wildman–Crippen MR) is 94.3 cm³/mol. The molecule has 1 heterocycles. The lowest BCUT2D eigenvalue weighted by Gasteiger charge is -2.08. The Hall–Kier alpha value is -1.49. The monoisotopic (exact) mass is 394 g/mol. The van der Waals surface area contributed by atoms with Crippen molar-refractivity contribution in [1.82, 2.24) is 0 Å². The standard InChI is InChI=1S/C17H12BrClO2S/c18-17-9-8-16(22-17)11-20-13-4-6-14(7-5-13)21-15-3-1-2-12(19)10-15/h1-10H,11H2. The van der Waals surface area contributed by atoms with Crippen LogP contribution in [0.25, 0.3) is 0 Å². The van der Waals surface area contributed by atoms with Crippen molar-refractivity contribution < 1.29 is 9.47 Å². The molecular formula is C17H12BrClO2S. The van der Waals surface area contributed by atoms with Crippen molar-refractivity contribution in [2.24, 2.45) is 0 Å². The zero-order chi connectivity index (χ0) is 15.4. The fourth-order valence-electron chi connectivity index (χ4n) is 1.85. The third kappa shape index (κ3) is 4.26. The number of ether oxygens (including phenoxy) is 2. The molecule has 0 atom stereocenters. The molecule has 0 aliphatic carbocycles. The summed E-state index contributed by atoms with van der Waals surface area (Å²) >= 11 is 11.0. The van der Waals surface area contributed by atoms with E-state index in [1.165, 1.54) is 4.88 Å². The Morgan fingerprint density at radius 2 is 1.68 bits per heavy atom. The molecule has 3 rings (SSSR count). The van der Waals surface area contributed by atoms with Crippen molar-refractivity contribution in [3.05, 3.63) is 74.3 Å². The molecular weight excluding hydrogens is 384 g/mol. The molecule has 0 fully saturated rings. The summed E-state index contributed by atoms with van der Waals surface area (Å²) in [5, 5.41) is 0.652. The van der Waals surface area contributed by atoms with Gasteiger partial charge in [0.05, 0.1) is 3.79 Å². The molecule has 3 aromatic rings. The predicted octanol–water partition coefficient (Wildman–Crippen LogP) is 6.54. The number of thiophene rings is 1. The smallest absolute Gasteiger partial charge is 0.128 e. The van der Waals surface area contributed by atoms with Gasteiger partial charge >= 0.3 is 0 Å². The molecule has 0 bridgehead atoms. The Bertz CT molecular complexity index is 755. The highest BCUT2D eigenvalue weighted by molar-refractivity contribution is 9.11. The minimum atomic E-state index is 0.560. The zero-order valence-electron chi connectivity index (χ0n) is 11.5. The maximum Gasteiger partial charge on any atom is 0.128 e. The van der Waals surface area contributed by atoms with Gasteiger partial charge in [-0.15, -0.1) is 11.3 Å². The van der Waals surface area contributed by atoms with E-state index in [9.17, 15) is 0 Å². The molecule has 0 unspecified atom stereocenters. The fraction of sp³-hybridized carbons (Fsp3) is 0.0588. The molecule has 112 valence electrons. The van der Waals surface area contributed by atoms with Gasteiger partial charge in [0.15, 0.2) is 0 Å². The van der Waals surface area contributed by atoms with Crippen molar-refractivity contribution in [3.8, 4) is 17.2 Å². The molecule has 0 aliphatic heterocycles. The highest BCUT2D eigenvalue weighted by Crippen LogP contribution is 2.27. The number of hydrogen-bond donors (Lipinski definition) is 0. The maximum atomic E-state index is 5.94. The van der Waals surface area contributed by atoms with Gasteiger partial charge in [0.25, 0.3) is 0 Å². The average Bonchev–Trinajstić information content (AvgIpc) is 2.92. The lowest BCUT2D eigenvalue weighted by Crippen LogP contribution is -1.92. The second-order valence-corrected chi connectivity index (χ2v) is 7.51. The molecule has 0 aliphatic rings. The molecule has 22 heavy (non-hydrogen) atoms. The van der Waals surface area contributed by atoms with Crippen molar-refractivity contribution in [2.75, 3.05) is 0 Å². The van der Waals surface area contributed by atoms with Crippen molar-refractivity contribution in [2.45, 2.75) is 6.61 Å². The van der Waals surface area contributed by atoms with Gasteiger partial charge in [0.1, 0.15) is 23.9 Å². The first-order chi connectivity index (χ1) is 10.7. The van der Waals surface area contributed by atoms with Gasteiger partial charge in [-0.25, -0.2) is 0 Å². The summed E-state index contributed by atoms with van der Waals surface area (Å²) < 4.78 is 12.6. The van der Waals surface area contributed by atoms with Crippen LogP contribution in [0.2, 0.25) is 5.02 Å². The first-order valence-electron chi connectivity index (χ1n) is 6.59. The molecule has 0 amide bonds. The molecule has 0 radical (unpaired) electrons. The number of rotatable bonds is 5. The summed E-state index contributed by atoms with van der Waals surface area (Å²) in [6.07, 6.45) is 0. The largest absolute Gasteiger partial charge is 0.488 e. The summed E-state index contributed by atoms with van der Waals surface area (Å²) in [4.78, 5) is 1.17. The Morgan fingerprint density at radius 1 is 0.909 bits per heavy atom. The summed E-state index contributed by atoms with van der Waals surface area (Å²) in [6, 6.07) is 18.9. The van der Waals surface area contributed by atoms with Gasteiger partial charge in [-0.3, -0.25) is 0 Å². The highest BCUT2D eigenvalue weighted by atomic mass is 79.9. The van der Waals surface area contributed by atoms with Crippen LogP contribution in [0.1, 0.15) is 4.88 Å². The molecule has 0 spiro atoms. The number of hydrogen-bond acceptors (Lipinski definition) is 3.